The zero-order chi connectivity index (χ0) is 14.5. The first-order chi connectivity index (χ1) is 8.92. The molecule has 1 amide bonds. The number of benzene rings is 1. The van der Waals surface area contributed by atoms with E-state index in [0.29, 0.717) is 13.0 Å². The Labute approximate surface area is 115 Å². The Hall–Kier alpha value is -1.55. The molecule has 0 aliphatic rings. The second-order valence-electron chi connectivity index (χ2n) is 5.14. The van der Waals surface area contributed by atoms with Gasteiger partial charge in [-0.3, -0.25) is 4.79 Å². The van der Waals surface area contributed by atoms with E-state index < -0.39 is 5.54 Å². The summed E-state index contributed by atoms with van der Waals surface area (Å²) in [6.07, 6.45) is 1.57. The zero-order valence-electron chi connectivity index (χ0n) is 12.3. The van der Waals surface area contributed by atoms with E-state index in [4.69, 9.17) is 10.5 Å². The summed E-state index contributed by atoms with van der Waals surface area (Å²) in [5.74, 6) is 0.747. The summed E-state index contributed by atoms with van der Waals surface area (Å²) < 4.78 is 5.29. The van der Waals surface area contributed by atoms with Crippen LogP contribution in [0.5, 0.6) is 5.75 Å². The lowest BCUT2D eigenvalue weighted by Gasteiger charge is -2.29. The van der Waals surface area contributed by atoms with Crippen molar-refractivity contribution in [2.75, 3.05) is 14.2 Å². The van der Waals surface area contributed by atoms with Gasteiger partial charge in [0.1, 0.15) is 5.75 Å². The summed E-state index contributed by atoms with van der Waals surface area (Å²) in [4.78, 5) is 14.0. The molecule has 0 spiro atoms. The highest BCUT2D eigenvalue weighted by Gasteiger charge is 2.30. The predicted octanol–water partition coefficient (Wildman–Crippen LogP) is 2.17. The van der Waals surface area contributed by atoms with Crippen molar-refractivity contribution in [3.8, 4) is 5.75 Å². The Bertz CT molecular complexity index is 430. The minimum absolute atomic E-state index is 0.0414. The van der Waals surface area contributed by atoms with Crippen molar-refractivity contribution in [3.05, 3.63) is 29.8 Å². The molecule has 0 heterocycles. The molecule has 1 aromatic carbocycles. The summed E-state index contributed by atoms with van der Waals surface area (Å²) in [5.41, 5.74) is 6.25. The summed E-state index contributed by atoms with van der Waals surface area (Å²) >= 11 is 0. The van der Waals surface area contributed by atoms with Gasteiger partial charge in [0, 0.05) is 19.2 Å². The number of likely N-dealkylation sites (N-methyl/N-ethyl adjacent to an activating group) is 1. The van der Waals surface area contributed by atoms with E-state index in [2.05, 4.69) is 0 Å². The molecule has 0 aromatic heterocycles. The number of hydrogen-bond donors (Lipinski definition) is 1. The van der Waals surface area contributed by atoms with Crippen LogP contribution in [0.25, 0.3) is 0 Å². The molecule has 0 radical (unpaired) electrons. The molecule has 106 valence electrons. The number of carbonyl (C=O) groups is 1. The number of hydrogen-bond acceptors (Lipinski definition) is 3. The summed E-state index contributed by atoms with van der Waals surface area (Å²) in [5, 5.41) is 0. The molecule has 0 saturated heterocycles. The SMILES string of the molecule is CCCC(C)(N)C(=O)N(C)Cc1ccccc1OC. The fourth-order valence-corrected chi connectivity index (χ4v) is 2.22. The Morgan fingerprint density at radius 2 is 2.05 bits per heavy atom. The first-order valence-electron chi connectivity index (χ1n) is 6.58. The van der Waals surface area contributed by atoms with Crippen molar-refractivity contribution in [3.63, 3.8) is 0 Å². The number of nitrogens with zero attached hydrogens (tertiary/aromatic N) is 1. The van der Waals surface area contributed by atoms with Crippen molar-refractivity contribution in [1.82, 2.24) is 4.90 Å². The Morgan fingerprint density at radius 3 is 2.63 bits per heavy atom. The van der Waals surface area contributed by atoms with Gasteiger partial charge in [-0.25, -0.2) is 0 Å². The summed E-state index contributed by atoms with van der Waals surface area (Å²) in [7, 11) is 3.40. The van der Waals surface area contributed by atoms with E-state index in [-0.39, 0.29) is 5.91 Å². The van der Waals surface area contributed by atoms with E-state index in [0.717, 1.165) is 17.7 Å². The van der Waals surface area contributed by atoms with E-state index in [1.165, 1.54) is 0 Å². The Morgan fingerprint density at radius 1 is 1.42 bits per heavy atom. The van der Waals surface area contributed by atoms with Crippen LogP contribution in [0.3, 0.4) is 0 Å². The number of rotatable bonds is 6. The maximum atomic E-state index is 12.3. The van der Waals surface area contributed by atoms with Crippen LogP contribution in [0, 0.1) is 0 Å². The molecule has 4 nitrogen and oxygen atoms in total. The van der Waals surface area contributed by atoms with E-state index >= 15 is 0 Å². The second kappa shape index (κ2) is 6.57. The van der Waals surface area contributed by atoms with Crippen molar-refractivity contribution in [1.29, 1.82) is 0 Å². The largest absolute Gasteiger partial charge is 0.496 e. The molecule has 19 heavy (non-hydrogen) atoms. The third kappa shape index (κ3) is 3.96. The maximum absolute atomic E-state index is 12.3. The van der Waals surface area contributed by atoms with Gasteiger partial charge in [0.2, 0.25) is 5.91 Å². The molecule has 0 fully saturated rings. The van der Waals surface area contributed by atoms with Gasteiger partial charge in [-0.05, 0) is 19.4 Å². The lowest BCUT2D eigenvalue weighted by molar-refractivity contribution is -0.135. The van der Waals surface area contributed by atoms with Crippen LogP contribution < -0.4 is 10.5 Å². The number of methoxy groups -OCH3 is 1. The van der Waals surface area contributed by atoms with Crippen molar-refractivity contribution in [2.24, 2.45) is 5.73 Å². The van der Waals surface area contributed by atoms with Crippen LogP contribution in [0.4, 0.5) is 0 Å². The maximum Gasteiger partial charge on any atom is 0.242 e. The van der Waals surface area contributed by atoms with Gasteiger partial charge in [-0.15, -0.1) is 0 Å². The van der Waals surface area contributed by atoms with Gasteiger partial charge >= 0.3 is 0 Å². The van der Waals surface area contributed by atoms with E-state index in [1.54, 1.807) is 26.0 Å². The number of ether oxygens (including phenoxy) is 1. The van der Waals surface area contributed by atoms with Crippen molar-refractivity contribution < 1.29 is 9.53 Å². The standard InChI is InChI=1S/C15H24N2O2/c1-5-10-15(2,16)14(18)17(3)11-12-8-6-7-9-13(12)19-4/h6-9H,5,10-11,16H2,1-4H3. The Kier molecular flexibility index (Phi) is 5.36. The zero-order valence-corrected chi connectivity index (χ0v) is 12.3. The molecule has 0 aliphatic carbocycles. The smallest absolute Gasteiger partial charge is 0.242 e. The highest BCUT2D eigenvalue weighted by Crippen LogP contribution is 2.20. The third-order valence-electron chi connectivity index (χ3n) is 3.20. The van der Waals surface area contributed by atoms with Gasteiger partial charge in [0.05, 0.1) is 12.6 Å². The molecule has 1 rings (SSSR count). The summed E-state index contributed by atoms with van der Waals surface area (Å²) in [6, 6.07) is 7.69. The average Bonchev–Trinajstić information content (AvgIpc) is 2.38. The Balaban J connectivity index is 2.79. The molecule has 0 aliphatic heterocycles. The third-order valence-corrected chi connectivity index (χ3v) is 3.20. The lowest BCUT2D eigenvalue weighted by Crippen LogP contribution is -2.51. The first-order valence-corrected chi connectivity index (χ1v) is 6.58. The highest BCUT2D eigenvalue weighted by atomic mass is 16.5. The van der Waals surface area contributed by atoms with Crippen molar-refractivity contribution in [2.45, 2.75) is 38.8 Å². The topological polar surface area (TPSA) is 55.6 Å². The average molecular weight is 264 g/mol. The monoisotopic (exact) mass is 264 g/mol. The molecule has 1 unspecified atom stereocenters. The molecule has 1 atom stereocenters. The second-order valence-corrected chi connectivity index (χ2v) is 5.14. The molecular formula is C15H24N2O2. The van der Waals surface area contributed by atoms with Crippen LogP contribution >= 0.6 is 0 Å². The van der Waals surface area contributed by atoms with Gasteiger partial charge in [0.25, 0.3) is 0 Å². The molecule has 0 bridgehead atoms. The molecule has 0 saturated carbocycles. The fourth-order valence-electron chi connectivity index (χ4n) is 2.22. The lowest BCUT2D eigenvalue weighted by atomic mass is 9.95. The van der Waals surface area contributed by atoms with E-state index in [9.17, 15) is 4.79 Å². The van der Waals surface area contributed by atoms with Crippen LogP contribution in [0.2, 0.25) is 0 Å². The van der Waals surface area contributed by atoms with Crippen LogP contribution in [-0.4, -0.2) is 30.5 Å². The van der Waals surface area contributed by atoms with Crippen molar-refractivity contribution >= 4 is 5.91 Å². The van der Waals surface area contributed by atoms with E-state index in [1.807, 2.05) is 31.2 Å². The number of amides is 1. The number of para-hydroxylation sites is 1. The van der Waals surface area contributed by atoms with Gasteiger partial charge in [-0.2, -0.15) is 0 Å². The molecule has 1 aromatic rings. The molecule has 4 heteroatoms. The normalized spacial score (nSPS) is 13.7. The van der Waals surface area contributed by atoms with Gasteiger partial charge in [-0.1, -0.05) is 31.5 Å². The van der Waals surface area contributed by atoms with Gasteiger partial charge in [0.15, 0.2) is 0 Å². The quantitative estimate of drug-likeness (QED) is 0.856. The molecule has 2 N–H and O–H groups in total. The van der Waals surface area contributed by atoms with Gasteiger partial charge < -0.3 is 15.4 Å². The fraction of sp³-hybridized carbons (Fsp3) is 0.533. The first kappa shape index (κ1) is 15.5. The van der Waals surface area contributed by atoms with Crippen LogP contribution in [0.15, 0.2) is 24.3 Å². The molecular weight excluding hydrogens is 240 g/mol. The minimum atomic E-state index is -0.800. The number of carbonyl (C=O) groups excluding carboxylic acids is 1. The highest BCUT2D eigenvalue weighted by molar-refractivity contribution is 5.85. The van der Waals surface area contributed by atoms with Crippen LogP contribution in [0.1, 0.15) is 32.3 Å². The predicted molar refractivity (Wildman–Crippen MR) is 77.0 cm³/mol. The summed E-state index contributed by atoms with van der Waals surface area (Å²) in [6.45, 7) is 4.32. The minimum Gasteiger partial charge on any atom is -0.496 e. The van der Waals surface area contributed by atoms with Crippen LogP contribution in [-0.2, 0) is 11.3 Å². The number of nitrogens with two attached hydrogens (primary N) is 1.